The molecule has 0 aliphatic rings. The van der Waals surface area contributed by atoms with Crippen LogP contribution in [0, 0.1) is 0 Å². The van der Waals surface area contributed by atoms with Crippen LogP contribution in [0.4, 0.5) is 0 Å². The van der Waals surface area contributed by atoms with Crippen LogP contribution >= 0.6 is 0 Å². The van der Waals surface area contributed by atoms with E-state index in [0.29, 0.717) is 6.54 Å². The van der Waals surface area contributed by atoms with Gasteiger partial charge in [0, 0.05) is 18.9 Å². The van der Waals surface area contributed by atoms with Crippen molar-refractivity contribution >= 4 is 0 Å². The molecule has 0 radical (unpaired) electrons. The monoisotopic (exact) mass is 318 g/mol. The molecule has 3 nitrogen and oxygen atoms in total. The van der Waals surface area contributed by atoms with E-state index in [1.807, 2.05) is 67.6 Å². The van der Waals surface area contributed by atoms with Crippen LogP contribution in [0.25, 0.3) is 0 Å². The van der Waals surface area contributed by atoms with Gasteiger partial charge in [-0.05, 0) is 35.7 Å². The summed E-state index contributed by atoms with van der Waals surface area (Å²) in [6, 6.07) is 24.0. The van der Waals surface area contributed by atoms with E-state index in [0.717, 1.165) is 16.7 Å². The first-order chi connectivity index (χ1) is 11.7. The molecule has 3 aromatic rings. The number of pyridine rings is 1. The van der Waals surface area contributed by atoms with Gasteiger partial charge in [-0.2, -0.15) is 0 Å². The molecular weight excluding hydrogens is 296 g/mol. The molecule has 0 saturated heterocycles. The highest BCUT2D eigenvalue weighted by molar-refractivity contribution is 5.31. The first-order valence-corrected chi connectivity index (χ1v) is 8.13. The van der Waals surface area contributed by atoms with Gasteiger partial charge in [0.1, 0.15) is 0 Å². The quantitative estimate of drug-likeness (QED) is 0.729. The van der Waals surface area contributed by atoms with Gasteiger partial charge in [0.15, 0.2) is 0 Å². The minimum atomic E-state index is -0.943. The normalized spacial score (nSPS) is 14.8. The van der Waals surface area contributed by atoms with Crippen molar-refractivity contribution in [1.82, 2.24) is 10.3 Å². The van der Waals surface area contributed by atoms with Crippen LogP contribution in [-0.4, -0.2) is 16.6 Å². The van der Waals surface area contributed by atoms with E-state index in [4.69, 9.17) is 0 Å². The summed E-state index contributed by atoms with van der Waals surface area (Å²) in [7, 11) is 0. The average molecular weight is 318 g/mol. The summed E-state index contributed by atoms with van der Waals surface area (Å²) in [6.45, 7) is 2.28. The number of aliphatic hydroxyl groups is 1. The number of hydrogen-bond donors (Lipinski definition) is 2. The Morgan fingerprint density at radius 2 is 1.42 bits per heavy atom. The zero-order valence-corrected chi connectivity index (χ0v) is 13.8. The summed E-state index contributed by atoms with van der Waals surface area (Å²) in [5.41, 5.74) is 2.24. The van der Waals surface area contributed by atoms with Crippen molar-refractivity contribution in [3.05, 3.63) is 102 Å². The van der Waals surface area contributed by atoms with Crippen molar-refractivity contribution in [3.8, 4) is 0 Å². The Morgan fingerprint density at radius 1 is 0.875 bits per heavy atom. The molecule has 2 aromatic carbocycles. The summed E-state index contributed by atoms with van der Waals surface area (Å²) in [4.78, 5) is 4.10. The molecule has 0 bridgehead atoms. The zero-order chi connectivity index (χ0) is 16.8. The predicted molar refractivity (Wildman–Crippen MR) is 96.5 cm³/mol. The molecular formula is C21H22N2O. The van der Waals surface area contributed by atoms with Crippen LogP contribution in [-0.2, 0) is 5.60 Å². The van der Waals surface area contributed by atoms with E-state index in [2.05, 4.69) is 22.4 Å². The van der Waals surface area contributed by atoms with Gasteiger partial charge in [-0.3, -0.25) is 4.98 Å². The lowest BCUT2D eigenvalue weighted by molar-refractivity contribution is 0.0550. The summed E-state index contributed by atoms with van der Waals surface area (Å²) in [5.74, 6) is 0. The lowest BCUT2D eigenvalue weighted by atomic mass is 9.94. The Bertz CT molecular complexity index is 703. The van der Waals surface area contributed by atoms with E-state index in [1.54, 1.807) is 12.4 Å². The first-order valence-electron chi connectivity index (χ1n) is 8.13. The largest absolute Gasteiger partial charge is 0.384 e. The van der Waals surface area contributed by atoms with Crippen LogP contribution in [0.1, 0.15) is 29.7 Å². The fraction of sp³-hybridized carbons (Fsp3) is 0.190. The number of hydrogen-bond acceptors (Lipinski definition) is 3. The molecule has 2 N–H and O–H groups in total. The third-order valence-electron chi connectivity index (χ3n) is 4.22. The lowest BCUT2D eigenvalue weighted by Gasteiger charge is -2.28. The number of rotatable bonds is 6. The second-order valence-electron chi connectivity index (χ2n) is 6.15. The molecule has 122 valence electrons. The molecule has 0 fully saturated rings. The Kier molecular flexibility index (Phi) is 5.04. The Morgan fingerprint density at radius 3 is 2.04 bits per heavy atom. The van der Waals surface area contributed by atoms with Gasteiger partial charge < -0.3 is 10.4 Å². The second kappa shape index (κ2) is 7.39. The van der Waals surface area contributed by atoms with Crippen molar-refractivity contribution in [2.24, 2.45) is 0 Å². The maximum absolute atomic E-state index is 10.9. The standard InChI is InChI=1S/C21H22N2O/c1-21(24,19-10-6-3-7-11-19)16-23-20(17-8-4-2-5-9-17)18-12-14-22-15-13-18/h2-15,20,23-24H,16H2,1H3. The van der Waals surface area contributed by atoms with Crippen LogP contribution in [0.15, 0.2) is 85.2 Å². The molecule has 1 aromatic heterocycles. The second-order valence-corrected chi connectivity index (χ2v) is 6.15. The third-order valence-corrected chi connectivity index (χ3v) is 4.22. The number of nitrogens with zero attached hydrogens (tertiary/aromatic N) is 1. The van der Waals surface area contributed by atoms with Gasteiger partial charge in [0.25, 0.3) is 0 Å². The molecule has 0 spiro atoms. The van der Waals surface area contributed by atoms with Gasteiger partial charge >= 0.3 is 0 Å². The maximum atomic E-state index is 10.9. The number of benzene rings is 2. The topological polar surface area (TPSA) is 45.1 Å². The van der Waals surface area contributed by atoms with Gasteiger partial charge in [0.2, 0.25) is 0 Å². The third kappa shape index (κ3) is 3.88. The fourth-order valence-corrected chi connectivity index (χ4v) is 2.83. The molecule has 24 heavy (non-hydrogen) atoms. The highest BCUT2D eigenvalue weighted by Crippen LogP contribution is 2.25. The summed E-state index contributed by atoms with van der Waals surface area (Å²) >= 11 is 0. The van der Waals surface area contributed by atoms with E-state index in [9.17, 15) is 5.11 Å². The first kappa shape index (κ1) is 16.4. The van der Waals surface area contributed by atoms with Crippen LogP contribution < -0.4 is 5.32 Å². The van der Waals surface area contributed by atoms with E-state index < -0.39 is 5.60 Å². The molecule has 1 heterocycles. The smallest absolute Gasteiger partial charge is 0.0992 e. The van der Waals surface area contributed by atoms with Gasteiger partial charge in [-0.15, -0.1) is 0 Å². The van der Waals surface area contributed by atoms with Crippen LogP contribution in [0.3, 0.4) is 0 Å². The molecule has 0 aliphatic heterocycles. The molecule has 3 heteroatoms. The molecule has 2 atom stereocenters. The lowest BCUT2D eigenvalue weighted by Crippen LogP contribution is -2.37. The minimum Gasteiger partial charge on any atom is -0.384 e. The molecule has 0 amide bonds. The SMILES string of the molecule is CC(O)(CNC(c1ccccc1)c1ccncc1)c1ccccc1. The molecule has 2 unspecified atom stereocenters. The Balaban J connectivity index is 1.83. The van der Waals surface area contributed by atoms with Gasteiger partial charge in [0.05, 0.1) is 11.6 Å². The minimum absolute atomic E-state index is 0.00406. The van der Waals surface area contributed by atoms with Gasteiger partial charge in [-0.1, -0.05) is 60.7 Å². The van der Waals surface area contributed by atoms with Crippen molar-refractivity contribution in [2.45, 2.75) is 18.6 Å². The maximum Gasteiger partial charge on any atom is 0.0992 e. The molecule has 0 aliphatic carbocycles. The van der Waals surface area contributed by atoms with Crippen LogP contribution in [0.5, 0.6) is 0 Å². The zero-order valence-electron chi connectivity index (χ0n) is 13.8. The highest BCUT2D eigenvalue weighted by atomic mass is 16.3. The van der Waals surface area contributed by atoms with Gasteiger partial charge in [-0.25, -0.2) is 0 Å². The van der Waals surface area contributed by atoms with E-state index >= 15 is 0 Å². The Labute approximate surface area is 143 Å². The fourth-order valence-electron chi connectivity index (χ4n) is 2.83. The summed E-state index contributed by atoms with van der Waals surface area (Å²) < 4.78 is 0. The van der Waals surface area contributed by atoms with E-state index in [1.165, 1.54) is 0 Å². The highest BCUT2D eigenvalue weighted by Gasteiger charge is 2.25. The average Bonchev–Trinajstić information content (AvgIpc) is 2.64. The van der Waals surface area contributed by atoms with E-state index in [-0.39, 0.29) is 6.04 Å². The number of aromatic nitrogens is 1. The van der Waals surface area contributed by atoms with Crippen molar-refractivity contribution in [2.75, 3.05) is 6.54 Å². The van der Waals surface area contributed by atoms with Crippen molar-refractivity contribution < 1.29 is 5.11 Å². The summed E-state index contributed by atoms with van der Waals surface area (Å²) in [6.07, 6.45) is 3.59. The van der Waals surface area contributed by atoms with Crippen molar-refractivity contribution in [3.63, 3.8) is 0 Å². The summed E-state index contributed by atoms with van der Waals surface area (Å²) in [5, 5.41) is 14.4. The molecule has 0 saturated carbocycles. The number of nitrogens with one attached hydrogen (secondary N) is 1. The Hall–Kier alpha value is -2.49. The predicted octanol–water partition coefficient (Wildman–Crippen LogP) is 3.67. The molecule has 3 rings (SSSR count). The van der Waals surface area contributed by atoms with Crippen molar-refractivity contribution in [1.29, 1.82) is 0 Å². The van der Waals surface area contributed by atoms with Crippen LogP contribution in [0.2, 0.25) is 0 Å².